The summed E-state index contributed by atoms with van der Waals surface area (Å²) in [4.78, 5) is 8.74. The maximum Gasteiger partial charge on any atom is 0.110 e. The quantitative estimate of drug-likeness (QED) is 0.779. The monoisotopic (exact) mass is 312 g/mol. The Labute approximate surface area is 134 Å². The van der Waals surface area contributed by atoms with Gasteiger partial charge >= 0.3 is 0 Å². The Morgan fingerprint density at radius 3 is 2.59 bits per heavy atom. The second-order valence-corrected chi connectivity index (χ2v) is 6.46. The molecule has 0 saturated heterocycles. The first-order valence-corrected chi connectivity index (χ1v) is 8.26. The molecule has 0 spiro atoms. The maximum absolute atomic E-state index is 4.48. The smallest absolute Gasteiger partial charge is 0.110 e. The summed E-state index contributed by atoms with van der Waals surface area (Å²) < 4.78 is 2.08. The molecule has 0 bridgehead atoms. The second kappa shape index (κ2) is 6.42. The molecule has 0 fully saturated rings. The zero-order valence-corrected chi connectivity index (χ0v) is 13.9. The molecule has 1 atom stereocenters. The SMILES string of the molecule is Cc1nc(CNC(C)c2ccc(-n3ccnc3C)cc2)cs1. The van der Waals surface area contributed by atoms with Crippen molar-refractivity contribution >= 4 is 11.3 Å². The van der Waals surface area contributed by atoms with Gasteiger partial charge in [-0.3, -0.25) is 0 Å². The molecule has 2 aromatic heterocycles. The first-order valence-electron chi connectivity index (χ1n) is 7.38. The van der Waals surface area contributed by atoms with Gasteiger partial charge in [-0.05, 0) is 38.5 Å². The van der Waals surface area contributed by atoms with Crippen LogP contribution in [0.2, 0.25) is 0 Å². The third kappa shape index (κ3) is 3.26. The Morgan fingerprint density at radius 2 is 2.00 bits per heavy atom. The zero-order valence-electron chi connectivity index (χ0n) is 13.1. The number of hydrogen-bond acceptors (Lipinski definition) is 4. The first-order chi connectivity index (χ1) is 10.6. The molecule has 0 saturated carbocycles. The molecule has 22 heavy (non-hydrogen) atoms. The summed E-state index contributed by atoms with van der Waals surface area (Å²) >= 11 is 1.69. The van der Waals surface area contributed by atoms with E-state index in [1.807, 2.05) is 26.2 Å². The highest BCUT2D eigenvalue weighted by molar-refractivity contribution is 7.09. The number of thiazole rings is 1. The summed E-state index contributed by atoms with van der Waals surface area (Å²) in [6.45, 7) is 7.02. The number of aromatic nitrogens is 3. The summed E-state index contributed by atoms with van der Waals surface area (Å²) in [6, 6.07) is 8.89. The van der Waals surface area contributed by atoms with Crippen LogP contribution in [0.5, 0.6) is 0 Å². The lowest BCUT2D eigenvalue weighted by atomic mass is 10.1. The third-order valence-electron chi connectivity index (χ3n) is 3.75. The van der Waals surface area contributed by atoms with Gasteiger partial charge in [-0.2, -0.15) is 0 Å². The number of hydrogen-bond donors (Lipinski definition) is 1. The van der Waals surface area contributed by atoms with Crippen molar-refractivity contribution in [1.82, 2.24) is 19.9 Å². The fraction of sp³-hybridized carbons (Fsp3) is 0.294. The van der Waals surface area contributed by atoms with Crippen LogP contribution in [-0.2, 0) is 6.54 Å². The number of rotatable bonds is 5. The lowest BCUT2D eigenvalue weighted by Gasteiger charge is -2.14. The summed E-state index contributed by atoms with van der Waals surface area (Å²) in [5.74, 6) is 0.998. The van der Waals surface area contributed by atoms with Crippen LogP contribution in [-0.4, -0.2) is 14.5 Å². The Morgan fingerprint density at radius 1 is 1.23 bits per heavy atom. The van der Waals surface area contributed by atoms with Crippen molar-refractivity contribution in [3.63, 3.8) is 0 Å². The predicted octanol–water partition coefficient (Wildman–Crippen LogP) is 3.80. The van der Waals surface area contributed by atoms with E-state index in [0.717, 1.165) is 28.8 Å². The topological polar surface area (TPSA) is 42.7 Å². The summed E-state index contributed by atoms with van der Waals surface area (Å²) in [5, 5.41) is 6.75. The summed E-state index contributed by atoms with van der Waals surface area (Å²) in [7, 11) is 0. The van der Waals surface area contributed by atoms with Gasteiger partial charge in [0.2, 0.25) is 0 Å². The average Bonchev–Trinajstić information content (AvgIpc) is 3.13. The van der Waals surface area contributed by atoms with Gasteiger partial charge in [0.15, 0.2) is 0 Å². The molecule has 0 amide bonds. The minimum Gasteiger partial charge on any atom is -0.305 e. The largest absolute Gasteiger partial charge is 0.305 e. The number of nitrogens with zero attached hydrogens (tertiary/aromatic N) is 3. The molecule has 1 unspecified atom stereocenters. The van der Waals surface area contributed by atoms with Crippen molar-refractivity contribution in [3.05, 3.63) is 64.1 Å². The molecule has 0 aliphatic carbocycles. The molecule has 0 aliphatic heterocycles. The molecule has 1 aromatic carbocycles. The third-order valence-corrected chi connectivity index (χ3v) is 4.58. The number of benzene rings is 1. The first kappa shape index (κ1) is 14.9. The van der Waals surface area contributed by atoms with E-state index in [0.29, 0.717) is 6.04 Å². The van der Waals surface area contributed by atoms with Gasteiger partial charge in [0, 0.05) is 36.0 Å². The van der Waals surface area contributed by atoms with Crippen molar-refractivity contribution in [2.24, 2.45) is 0 Å². The predicted molar refractivity (Wildman–Crippen MR) is 90.4 cm³/mol. The van der Waals surface area contributed by atoms with E-state index in [-0.39, 0.29) is 0 Å². The highest BCUT2D eigenvalue weighted by atomic mass is 32.1. The minimum atomic E-state index is 0.292. The fourth-order valence-corrected chi connectivity index (χ4v) is 3.05. The van der Waals surface area contributed by atoms with E-state index >= 15 is 0 Å². The van der Waals surface area contributed by atoms with Crippen molar-refractivity contribution < 1.29 is 0 Å². The molecule has 3 rings (SSSR count). The van der Waals surface area contributed by atoms with Crippen molar-refractivity contribution in [2.75, 3.05) is 0 Å². The van der Waals surface area contributed by atoms with Crippen LogP contribution in [0.15, 0.2) is 42.0 Å². The van der Waals surface area contributed by atoms with E-state index in [1.54, 1.807) is 11.3 Å². The Hall–Kier alpha value is -1.98. The maximum atomic E-state index is 4.48. The van der Waals surface area contributed by atoms with Gasteiger partial charge < -0.3 is 9.88 Å². The lowest BCUT2D eigenvalue weighted by molar-refractivity contribution is 0.568. The van der Waals surface area contributed by atoms with Crippen molar-refractivity contribution in [1.29, 1.82) is 0 Å². The molecule has 2 heterocycles. The van der Waals surface area contributed by atoms with Gasteiger partial charge in [0.25, 0.3) is 0 Å². The van der Waals surface area contributed by atoms with Crippen LogP contribution in [0.3, 0.4) is 0 Å². The highest BCUT2D eigenvalue weighted by Gasteiger charge is 2.07. The molecular formula is C17H20N4S. The molecular weight excluding hydrogens is 292 g/mol. The highest BCUT2D eigenvalue weighted by Crippen LogP contribution is 2.17. The second-order valence-electron chi connectivity index (χ2n) is 5.40. The molecule has 1 N–H and O–H groups in total. The van der Waals surface area contributed by atoms with Gasteiger partial charge in [-0.1, -0.05) is 12.1 Å². The number of aryl methyl sites for hydroxylation is 2. The molecule has 4 nitrogen and oxygen atoms in total. The van der Waals surface area contributed by atoms with Gasteiger partial charge in [0.1, 0.15) is 5.82 Å². The Balaban J connectivity index is 1.66. The van der Waals surface area contributed by atoms with Crippen LogP contribution >= 0.6 is 11.3 Å². The lowest BCUT2D eigenvalue weighted by Crippen LogP contribution is -2.18. The van der Waals surface area contributed by atoms with Crippen molar-refractivity contribution in [3.8, 4) is 5.69 Å². The minimum absolute atomic E-state index is 0.292. The fourth-order valence-electron chi connectivity index (χ4n) is 2.44. The van der Waals surface area contributed by atoms with Crippen LogP contribution < -0.4 is 5.32 Å². The normalized spacial score (nSPS) is 12.5. The van der Waals surface area contributed by atoms with E-state index in [1.165, 1.54) is 5.56 Å². The summed E-state index contributed by atoms with van der Waals surface area (Å²) in [6.07, 6.45) is 3.81. The van der Waals surface area contributed by atoms with Gasteiger partial charge in [-0.25, -0.2) is 9.97 Å². The standard InChI is InChI=1S/C17H20N4S/c1-12(19-10-16-11-22-14(3)20-16)15-4-6-17(7-5-15)21-9-8-18-13(21)2/h4-9,11-12,19H,10H2,1-3H3. The van der Waals surface area contributed by atoms with Crippen LogP contribution in [0, 0.1) is 13.8 Å². The van der Waals surface area contributed by atoms with E-state index in [9.17, 15) is 0 Å². The van der Waals surface area contributed by atoms with Gasteiger partial charge in [0.05, 0.1) is 10.7 Å². The molecule has 114 valence electrons. The van der Waals surface area contributed by atoms with Crippen molar-refractivity contribution in [2.45, 2.75) is 33.4 Å². The van der Waals surface area contributed by atoms with Crippen LogP contribution in [0.4, 0.5) is 0 Å². The Bertz CT molecular complexity index is 742. The van der Waals surface area contributed by atoms with Gasteiger partial charge in [-0.15, -0.1) is 11.3 Å². The zero-order chi connectivity index (χ0) is 15.5. The molecule has 3 aromatic rings. The van der Waals surface area contributed by atoms with Crippen LogP contribution in [0.25, 0.3) is 5.69 Å². The van der Waals surface area contributed by atoms with E-state index < -0.39 is 0 Å². The van der Waals surface area contributed by atoms with Crippen LogP contribution in [0.1, 0.15) is 35.1 Å². The van der Waals surface area contributed by atoms with E-state index in [4.69, 9.17) is 0 Å². The molecule has 0 radical (unpaired) electrons. The summed E-state index contributed by atoms with van der Waals surface area (Å²) in [5.41, 5.74) is 3.52. The number of imidazole rings is 1. The van der Waals surface area contributed by atoms with E-state index in [2.05, 4.69) is 56.4 Å². The molecule has 0 aliphatic rings. The number of nitrogens with one attached hydrogen (secondary N) is 1. The average molecular weight is 312 g/mol. The molecule has 5 heteroatoms. The Kier molecular flexibility index (Phi) is 4.36.